The molecule has 1 saturated heterocycles. The van der Waals surface area contributed by atoms with Crippen LogP contribution in [-0.4, -0.2) is 31.5 Å². The smallest absolute Gasteiger partial charge is 0.185 e. The lowest BCUT2D eigenvalue weighted by Gasteiger charge is -2.38. The molecule has 0 radical (unpaired) electrons. The highest BCUT2D eigenvalue weighted by Crippen LogP contribution is 2.70. The molecule has 1 aliphatic heterocycles. The van der Waals surface area contributed by atoms with Gasteiger partial charge in [0.05, 0.1) is 14.1 Å². The van der Waals surface area contributed by atoms with Crippen molar-refractivity contribution in [3.8, 4) is 0 Å². The van der Waals surface area contributed by atoms with Crippen molar-refractivity contribution >= 4 is 15.9 Å². The van der Waals surface area contributed by atoms with E-state index in [0.29, 0.717) is 0 Å². The van der Waals surface area contributed by atoms with Gasteiger partial charge in [-0.3, -0.25) is 0 Å². The van der Waals surface area contributed by atoms with Crippen LogP contribution in [0.4, 0.5) is 0 Å². The normalized spacial score (nSPS) is 34.9. The number of benzene rings is 1. The third-order valence-electron chi connectivity index (χ3n) is 4.97. The average molecular weight is 347 g/mol. The van der Waals surface area contributed by atoms with Gasteiger partial charge in [-0.15, -0.1) is 0 Å². The summed E-state index contributed by atoms with van der Waals surface area (Å²) in [6.07, 6.45) is 6.15. The van der Waals surface area contributed by atoms with Crippen molar-refractivity contribution in [3.05, 3.63) is 59.3 Å². The second-order valence-electron chi connectivity index (χ2n) is 7.52. The van der Waals surface area contributed by atoms with E-state index in [9.17, 15) is 4.89 Å². The lowest BCUT2D eigenvalue weighted by molar-refractivity contribution is -0.201. The standard InChI is InChI=1S/C18H26NO2PSi/c1-14-18(15-10-7-6-8-11-15)21-22(20,19(14)2)16-12-9-13-17(16)23(3,4)5/h6-14,16,18H,1-5H3/t14-,16?,18-,22?/m0/s1. The van der Waals surface area contributed by atoms with Gasteiger partial charge in [0.2, 0.25) is 0 Å². The van der Waals surface area contributed by atoms with E-state index in [1.165, 1.54) is 5.20 Å². The van der Waals surface area contributed by atoms with Crippen molar-refractivity contribution in [3.63, 3.8) is 0 Å². The van der Waals surface area contributed by atoms with E-state index in [1.807, 2.05) is 29.9 Å². The lowest BCUT2D eigenvalue weighted by atomic mass is 10.0. The lowest BCUT2D eigenvalue weighted by Crippen LogP contribution is -2.39. The summed E-state index contributed by atoms with van der Waals surface area (Å²) in [5, 5.41) is 1.33. The average Bonchev–Trinajstić information content (AvgIpc) is 3.09. The third-order valence-corrected chi connectivity index (χ3v) is 10.3. The Bertz CT molecular complexity index is 640. The fourth-order valence-electron chi connectivity index (χ4n) is 3.46. The van der Waals surface area contributed by atoms with E-state index >= 15 is 0 Å². The highest BCUT2D eigenvalue weighted by Gasteiger charge is 2.57. The summed E-state index contributed by atoms with van der Waals surface area (Å²) < 4.78 is 8.27. The zero-order chi connectivity index (χ0) is 16.8. The Hall–Kier alpha value is -0.773. The summed E-state index contributed by atoms with van der Waals surface area (Å²) in [7, 11) is -2.51. The minimum absolute atomic E-state index is 0.0877. The Balaban J connectivity index is 1.94. The fraction of sp³-hybridized carbons (Fsp3) is 0.444. The summed E-state index contributed by atoms with van der Waals surface area (Å²) in [6.45, 7) is 9.02. The van der Waals surface area contributed by atoms with Gasteiger partial charge in [-0.1, -0.05) is 62.1 Å². The van der Waals surface area contributed by atoms with Crippen molar-refractivity contribution in [2.75, 3.05) is 7.05 Å². The highest BCUT2D eigenvalue weighted by atomic mass is 31.2. The van der Waals surface area contributed by atoms with Gasteiger partial charge >= 0.3 is 0 Å². The monoisotopic (exact) mass is 347 g/mol. The minimum Gasteiger partial charge on any atom is -0.640 e. The maximum absolute atomic E-state index is 13.8. The summed E-state index contributed by atoms with van der Waals surface area (Å²) in [6, 6.07) is 10.2. The number of nitrogens with zero attached hydrogens (tertiary/aromatic N) is 1. The number of rotatable bonds is 3. The molecule has 1 aromatic carbocycles. The molecule has 0 N–H and O–H groups in total. The van der Waals surface area contributed by atoms with Gasteiger partial charge in [-0.05, 0) is 23.8 Å². The summed E-state index contributed by atoms with van der Waals surface area (Å²) >= 11 is 0. The van der Waals surface area contributed by atoms with Crippen molar-refractivity contribution in [2.24, 2.45) is 0 Å². The van der Waals surface area contributed by atoms with Gasteiger partial charge in [0.1, 0.15) is 11.8 Å². The molecule has 23 heavy (non-hydrogen) atoms. The molecule has 2 aliphatic rings. The SMILES string of the molecule is C[C@H]1[C@@H](c2ccccc2)O[P+]([O-])(C2C=CC=C2[Si](C)(C)C)N1C. The first-order chi connectivity index (χ1) is 10.7. The molecule has 0 aromatic heterocycles. The van der Waals surface area contributed by atoms with E-state index < -0.39 is 15.9 Å². The van der Waals surface area contributed by atoms with Crippen LogP contribution in [-0.2, 0) is 4.52 Å². The predicted molar refractivity (Wildman–Crippen MR) is 98.8 cm³/mol. The zero-order valence-corrected chi connectivity index (χ0v) is 16.5. The van der Waals surface area contributed by atoms with Crippen molar-refractivity contribution < 1.29 is 9.42 Å². The molecule has 4 atom stereocenters. The van der Waals surface area contributed by atoms with E-state index in [0.717, 1.165) is 5.56 Å². The van der Waals surface area contributed by atoms with Crippen LogP contribution in [0.15, 0.2) is 53.8 Å². The van der Waals surface area contributed by atoms with Gasteiger partial charge in [-0.25, -0.2) is 4.52 Å². The van der Waals surface area contributed by atoms with E-state index in [2.05, 4.69) is 56.9 Å². The first-order valence-electron chi connectivity index (χ1n) is 8.20. The second kappa shape index (κ2) is 5.94. The molecule has 3 rings (SSSR count). The van der Waals surface area contributed by atoms with Crippen LogP contribution in [0.5, 0.6) is 0 Å². The molecule has 0 spiro atoms. The predicted octanol–water partition coefficient (Wildman–Crippen LogP) is 3.94. The van der Waals surface area contributed by atoms with Crippen molar-refractivity contribution in [1.29, 1.82) is 0 Å². The van der Waals surface area contributed by atoms with Gasteiger partial charge in [-0.2, -0.15) is 4.67 Å². The quantitative estimate of drug-likeness (QED) is 0.614. The first kappa shape index (κ1) is 17.1. The van der Waals surface area contributed by atoms with Gasteiger partial charge < -0.3 is 4.89 Å². The van der Waals surface area contributed by atoms with E-state index in [-0.39, 0.29) is 17.8 Å². The van der Waals surface area contributed by atoms with Crippen LogP contribution in [0, 0.1) is 0 Å². The molecule has 1 fully saturated rings. The second-order valence-corrected chi connectivity index (χ2v) is 15.1. The Morgan fingerprint density at radius 2 is 1.83 bits per heavy atom. The molecule has 2 unspecified atom stereocenters. The number of likely N-dealkylation sites (N-methyl/N-ethyl adjacent to an activating group) is 1. The Morgan fingerprint density at radius 1 is 1.17 bits per heavy atom. The van der Waals surface area contributed by atoms with E-state index in [4.69, 9.17) is 4.52 Å². The van der Waals surface area contributed by atoms with Crippen molar-refractivity contribution in [1.82, 2.24) is 4.67 Å². The van der Waals surface area contributed by atoms with Crippen LogP contribution in [0.3, 0.4) is 0 Å². The van der Waals surface area contributed by atoms with Gasteiger partial charge in [0.25, 0.3) is 0 Å². The molecule has 1 heterocycles. The number of allylic oxidation sites excluding steroid dienone is 4. The molecule has 0 bridgehead atoms. The van der Waals surface area contributed by atoms with Crippen LogP contribution in [0.25, 0.3) is 0 Å². The minimum atomic E-state index is -2.93. The Labute approximate surface area is 141 Å². The van der Waals surface area contributed by atoms with Crippen molar-refractivity contribution in [2.45, 2.75) is 44.4 Å². The number of hydrogen-bond acceptors (Lipinski definition) is 3. The first-order valence-corrected chi connectivity index (χ1v) is 13.3. The summed E-state index contributed by atoms with van der Waals surface area (Å²) in [4.78, 5) is 13.8. The van der Waals surface area contributed by atoms with Gasteiger partial charge in [0, 0.05) is 7.05 Å². The maximum Gasteiger partial charge on any atom is 0.185 e. The molecule has 3 nitrogen and oxygen atoms in total. The molecule has 0 amide bonds. The maximum atomic E-state index is 13.8. The van der Waals surface area contributed by atoms with Crippen LogP contribution < -0.4 is 4.89 Å². The summed E-state index contributed by atoms with van der Waals surface area (Å²) in [5.41, 5.74) is 1.01. The molecular formula is C18H26NO2PSi. The molecule has 5 heteroatoms. The Kier molecular flexibility index (Phi) is 4.41. The molecule has 1 aliphatic carbocycles. The Morgan fingerprint density at radius 3 is 2.43 bits per heavy atom. The molecule has 1 aromatic rings. The fourth-order valence-corrected chi connectivity index (χ4v) is 9.37. The summed E-state index contributed by atoms with van der Waals surface area (Å²) in [5.74, 6) is 0. The topological polar surface area (TPSA) is 35.5 Å². The van der Waals surface area contributed by atoms with Crippen LogP contribution >= 0.6 is 7.87 Å². The third kappa shape index (κ3) is 2.88. The largest absolute Gasteiger partial charge is 0.640 e. The number of hydrogen-bond donors (Lipinski definition) is 0. The molecule has 124 valence electrons. The highest BCUT2D eigenvalue weighted by molar-refractivity contribution is 7.63. The van der Waals surface area contributed by atoms with Crippen LogP contribution in [0.1, 0.15) is 18.6 Å². The molecular weight excluding hydrogens is 321 g/mol. The zero-order valence-electron chi connectivity index (χ0n) is 14.6. The van der Waals surface area contributed by atoms with Crippen LogP contribution in [0.2, 0.25) is 19.6 Å². The molecule has 0 saturated carbocycles. The van der Waals surface area contributed by atoms with E-state index in [1.54, 1.807) is 0 Å². The van der Waals surface area contributed by atoms with Gasteiger partial charge in [0.15, 0.2) is 7.87 Å².